The topological polar surface area (TPSA) is 118 Å². The molecule has 10 nitrogen and oxygen atoms in total. The van der Waals surface area contributed by atoms with Crippen molar-refractivity contribution in [1.82, 2.24) is 24.8 Å². The number of para-hydroxylation sites is 1. The number of carbonyl (C=O) groups excluding carboxylic acids is 3. The van der Waals surface area contributed by atoms with Crippen LogP contribution in [0.25, 0.3) is 11.0 Å². The van der Waals surface area contributed by atoms with E-state index in [1.165, 1.54) is 0 Å². The van der Waals surface area contributed by atoms with Crippen molar-refractivity contribution < 1.29 is 24.2 Å². The molecule has 0 saturated carbocycles. The van der Waals surface area contributed by atoms with Crippen molar-refractivity contribution in [3.8, 4) is 0 Å². The van der Waals surface area contributed by atoms with Gasteiger partial charge in [-0.2, -0.15) is 0 Å². The number of halogens is 1. The number of alkyl halides is 1. The lowest BCUT2D eigenvalue weighted by Crippen LogP contribution is -2.58. The van der Waals surface area contributed by atoms with Gasteiger partial charge in [0.05, 0.1) is 41.4 Å². The van der Waals surface area contributed by atoms with Crippen molar-refractivity contribution in [3.05, 3.63) is 36.9 Å². The maximum atomic E-state index is 14.7. The molecule has 1 N–H and O–H groups in total. The number of likely N-dealkylation sites (tertiary alicyclic amines) is 1. The number of hydrogen-bond acceptors (Lipinski definition) is 8. The molecule has 3 aliphatic rings. The largest absolute Gasteiger partial charge is 0.466 e. The number of carbonyl (C=O) groups is 3. The van der Waals surface area contributed by atoms with Gasteiger partial charge in [0, 0.05) is 16.6 Å². The second kappa shape index (κ2) is 11.4. The summed E-state index contributed by atoms with van der Waals surface area (Å²) in [6.45, 7) is 9.95. The molecule has 0 radical (unpaired) electrons. The van der Waals surface area contributed by atoms with Gasteiger partial charge in [-0.25, -0.2) is 4.68 Å². The summed E-state index contributed by atoms with van der Waals surface area (Å²) in [7, 11) is 0. The Labute approximate surface area is 246 Å². The third-order valence-corrected chi connectivity index (χ3v) is 11.5. The number of aliphatic hydroxyl groups is 1. The second-order valence-electron chi connectivity index (χ2n) is 11.2. The quantitative estimate of drug-likeness (QED) is 0.228. The molecule has 7 atom stereocenters. The Hall–Kier alpha value is -2.44. The van der Waals surface area contributed by atoms with Crippen molar-refractivity contribution in [1.29, 1.82) is 0 Å². The van der Waals surface area contributed by atoms with Gasteiger partial charge in [0.15, 0.2) is 0 Å². The van der Waals surface area contributed by atoms with Crippen LogP contribution < -0.4 is 0 Å². The van der Waals surface area contributed by atoms with Crippen LogP contribution in [0.3, 0.4) is 0 Å². The van der Waals surface area contributed by atoms with Gasteiger partial charge in [0.25, 0.3) is 0 Å². The van der Waals surface area contributed by atoms with Crippen LogP contribution in [0.1, 0.15) is 33.6 Å². The highest BCUT2D eigenvalue weighted by Gasteiger charge is 2.76. The first-order valence-electron chi connectivity index (χ1n) is 13.8. The van der Waals surface area contributed by atoms with Crippen LogP contribution in [0.4, 0.5) is 0 Å². The molecule has 3 saturated heterocycles. The van der Waals surface area contributed by atoms with Crippen molar-refractivity contribution in [2.45, 2.75) is 67.2 Å². The zero-order chi connectivity index (χ0) is 28.8. The van der Waals surface area contributed by atoms with Gasteiger partial charge in [0.2, 0.25) is 11.8 Å². The highest BCUT2D eigenvalue weighted by Crippen LogP contribution is 2.68. The Balaban J connectivity index is 1.58. The molecule has 12 heteroatoms. The molecule has 2 amide bonds. The normalized spacial score (nSPS) is 29.7. The van der Waals surface area contributed by atoms with Gasteiger partial charge in [0.1, 0.15) is 18.2 Å². The predicted molar refractivity (Wildman–Crippen MR) is 155 cm³/mol. The summed E-state index contributed by atoms with van der Waals surface area (Å²) in [6.07, 6.45) is 2.73. The van der Waals surface area contributed by atoms with E-state index >= 15 is 0 Å². The summed E-state index contributed by atoms with van der Waals surface area (Å²) in [4.78, 5) is 45.4. The standard InChI is InChI=1S/C28H36BrN5O5S/c1-5-11-32(15-33-20-10-8-7-9-19(20)30-31-33)26(37)24-28-13-18(29)23(40-28)21(27(38)39-6-2)22(28)25(36)34(24)17(14-35)12-16(3)4/h5,7-10,16-18,21-24,35H,1,6,11-15H2,2-4H3/t17-,18?,21+,22+,23+,24?,28?/m1/s1. The average Bonchev–Trinajstić information content (AvgIpc) is 3.64. The van der Waals surface area contributed by atoms with Crippen molar-refractivity contribution in [2.75, 3.05) is 19.8 Å². The summed E-state index contributed by atoms with van der Waals surface area (Å²) in [5, 5.41) is 18.8. The van der Waals surface area contributed by atoms with Crippen LogP contribution in [0.5, 0.6) is 0 Å². The Morgan fingerprint density at radius 1 is 1.38 bits per heavy atom. The average molecular weight is 635 g/mol. The van der Waals surface area contributed by atoms with Crippen molar-refractivity contribution in [2.24, 2.45) is 17.8 Å². The summed E-state index contributed by atoms with van der Waals surface area (Å²) in [6, 6.07) is 6.09. The van der Waals surface area contributed by atoms with E-state index in [4.69, 9.17) is 4.74 Å². The number of amides is 2. The van der Waals surface area contributed by atoms with Crippen LogP contribution in [-0.2, 0) is 25.8 Å². The zero-order valence-corrected chi connectivity index (χ0v) is 25.4. The van der Waals surface area contributed by atoms with Crippen LogP contribution in [0.15, 0.2) is 36.9 Å². The number of esters is 1. The lowest BCUT2D eigenvalue weighted by atomic mass is 9.71. The molecule has 216 valence electrons. The number of rotatable bonds is 11. The number of nitrogens with zero attached hydrogens (tertiary/aromatic N) is 5. The van der Waals surface area contributed by atoms with Gasteiger partial charge in [-0.3, -0.25) is 14.4 Å². The number of thioether (sulfide) groups is 1. The maximum Gasteiger partial charge on any atom is 0.310 e. The number of benzene rings is 1. The lowest BCUT2D eigenvalue weighted by Gasteiger charge is -2.40. The fraction of sp³-hybridized carbons (Fsp3) is 0.607. The Kier molecular flexibility index (Phi) is 8.32. The first kappa shape index (κ1) is 29.1. The molecule has 2 bridgehead atoms. The molecular weight excluding hydrogens is 598 g/mol. The first-order chi connectivity index (χ1) is 19.2. The van der Waals surface area contributed by atoms with E-state index in [0.717, 1.165) is 5.52 Å². The maximum absolute atomic E-state index is 14.7. The van der Waals surface area contributed by atoms with Gasteiger partial charge in [-0.15, -0.1) is 23.4 Å². The predicted octanol–water partition coefficient (Wildman–Crippen LogP) is 2.84. The number of ether oxygens (including phenoxy) is 1. The minimum atomic E-state index is -0.870. The Bertz CT molecular complexity index is 1300. The van der Waals surface area contributed by atoms with E-state index in [1.807, 2.05) is 38.1 Å². The molecule has 1 aromatic heterocycles. The van der Waals surface area contributed by atoms with E-state index < -0.39 is 34.6 Å². The molecule has 3 fully saturated rings. The molecule has 1 aromatic carbocycles. The molecule has 4 heterocycles. The van der Waals surface area contributed by atoms with Crippen molar-refractivity contribution >= 4 is 56.5 Å². The second-order valence-corrected chi connectivity index (χ2v) is 13.9. The molecule has 2 aromatic rings. The van der Waals surface area contributed by atoms with E-state index in [1.54, 1.807) is 39.2 Å². The Morgan fingerprint density at radius 3 is 2.80 bits per heavy atom. The molecular formula is C28H36BrN5O5S. The molecule has 3 unspecified atom stereocenters. The minimum absolute atomic E-state index is 0.0593. The number of aliphatic hydroxyl groups excluding tert-OH is 1. The molecule has 1 spiro atoms. The molecule has 40 heavy (non-hydrogen) atoms. The van der Waals surface area contributed by atoms with Crippen LogP contribution in [0.2, 0.25) is 0 Å². The van der Waals surface area contributed by atoms with Crippen LogP contribution in [-0.4, -0.2) is 94.4 Å². The van der Waals surface area contributed by atoms with Gasteiger partial charge in [-0.1, -0.05) is 53.2 Å². The highest BCUT2D eigenvalue weighted by atomic mass is 79.9. The fourth-order valence-corrected chi connectivity index (χ4v) is 10.4. The van der Waals surface area contributed by atoms with Crippen LogP contribution >= 0.6 is 27.7 Å². The molecule has 5 rings (SSSR count). The van der Waals surface area contributed by atoms with Gasteiger partial charge in [-0.05, 0) is 37.8 Å². The monoisotopic (exact) mass is 633 g/mol. The lowest BCUT2D eigenvalue weighted by molar-refractivity contribution is -0.154. The number of fused-ring (bicyclic) bond motifs is 2. The van der Waals surface area contributed by atoms with Gasteiger partial charge < -0.3 is 19.6 Å². The van der Waals surface area contributed by atoms with E-state index in [2.05, 4.69) is 32.8 Å². The highest BCUT2D eigenvalue weighted by molar-refractivity contribution is 9.09. The third kappa shape index (κ3) is 4.65. The smallest absolute Gasteiger partial charge is 0.310 e. The number of hydrogen-bond donors (Lipinski definition) is 1. The van der Waals surface area contributed by atoms with E-state index in [9.17, 15) is 19.5 Å². The zero-order valence-electron chi connectivity index (χ0n) is 23.0. The molecule has 3 aliphatic heterocycles. The van der Waals surface area contributed by atoms with Crippen LogP contribution in [0, 0.1) is 17.8 Å². The summed E-state index contributed by atoms with van der Waals surface area (Å²) >= 11 is 5.33. The SMILES string of the molecule is C=CCN(Cn1nnc2ccccc21)C(=O)C1N([C@@H](CO)CC(C)C)C(=O)[C@@H]2[C@H](C(=O)OCC)[C@H]3SC12CC3Br. The Morgan fingerprint density at radius 2 is 2.12 bits per heavy atom. The van der Waals surface area contributed by atoms with Gasteiger partial charge >= 0.3 is 5.97 Å². The van der Waals surface area contributed by atoms with E-state index in [-0.39, 0.29) is 54.2 Å². The third-order valence-electron chi connectivity index (χ3n) is 8.25. The van der Waals surface area contributed by atoms with Crippen molar-refractivity contribution in [3.63, 3.8) is 0 Å². The summed E-state index contributed by atoms with van der Waals surface area (Å²) < 4.78 is 6.27. The summed E-state index contributed by atoms with van der Waals surface area (Å²) in [5.74, 6) is -2.10. The fourth-order valence-electron chi connectivity index (χ4n) is 6.80. The summed E-state index contributed by atoms with van der Waals surface area (Å²) in [5.41, 5.74) is 1.50. The first-order valence-corrected chi connectivity index (χ1v) is 15.6. The van der Waals surface area contributed by atoms with E-state index in [0.29, 0.717) is 18.4 Å². The number of aromatic nitrogens is 3. The molecule has 0 aliphatic carbocycles. The minimum Gasteiger partial charge on any atom is -0.466 e.